The zero-order valence-corrected chi connectivity index (χ0v) is 10.7. The number of nitrogens with one attached hydrogen (secondary N) is 1. The summed E-state index contributed by atoms with van der Waals surface area (Å²) in [6.45, 7) is 0.190. The molecule has 0 radical (unpaired) electrons. The molecule has 0 saturated carbocycles. The van der Waals surface area contributed by atoms with Gasteiger partial charge in [-0.15, -0.1) is 0 Å². The SMILES string of the molecule is O=C(O)C1=C[C@@H](c2ccc3c(c2)OCO3)n2ncnc2N1. The minimum Gasteiger partial charge on any atom is -0.477 e. The van der Waals surface area contributed by atoms with Crippen LogP contribution >= 0.6 is 0 Å². The number of carboxylic acid groups (broad SMARTS) is 1. The molecule has 2 N–H and O–H groups in total. The van der Waals surface area contributed by atoms with E-state index in [0.29, 0.717) is 17.4 Å². The number of fused-ring (bicyclic) bond motifs is 2. The summed E-state index contributed by atoms with van der Waals surface area (Å²) < 4.78 is 12.2. The highest BCUT2D eigenvalue weighted by molar-refractivity contribution is 5.90. The highest BCUT2D eigenvalue weighted by atomic mass is 16.7. The van der Waals surface area contributed by atoms with Crippen LogP contribution in [0.2, 0.25) is 0 Å². The minimum atomic E-state index is -1.05. The quantitative estimate of drug-likeness (QED) is 0.849. The van der Waals surface area contributed by atoms with E-state index in [2.05, 4.69) is 15.4 Å². The van der Waals surface area contributed by atoms with Crippen molar-refractivity contribution in [3.63, 3.8) is 0 Å². The lowest BCUT2D eigenvalue weighted by molar-refractivity contribution is -0.132. The molecule has 0 unspecified atom stereocenters. The molecule has 2 aromatic rings. The van der Waals surface area contributed by atoms with Crippen LogP contribution in [0.1, 0.15) is 11.6 Å². The summed E-state index contributed by atoms with van der Waals surface area (Å²) in [4.78, 5) is 15.2. The topological polar surface area (TPSA) is 98.5 Å². The molecule has 2 aliphatic rings. The largest absolute Gasteiger partial charge is 0.477 e. The predicted molar refractivity (Wildman–Crippen MR) is 70.1 cm³/mol. The number of aromatic nitrogens is 3. The molecule has 0 amide bonds. The van der Waals surface area contributed by atoms with Crippen molar-refractivity contribution in [2.75, 3.05) is 12.1 Å². The molecule has 106 valence electrons. The van der Waals surface area contributed by atoms with Crippen molar-refractivity contribution >= 4 is 11.9 Å². The first-order chi connectivity index (χ1) is 10.2. The molecule has 0 bridgehead atoms. The van der Waals surface area contributed by atoms with Gasteiger partial charge >= 0.3 is 5.97 Å². The Morgan fingerprint density at radius 1 is 1.38 bits per heavy atom. The van der Waals surface area contributed by atoms with E-state index in [4.69, 9.17) is 9.47 Å². The summed E-state index contributed by atoms with van der Waals surface area (Å²) >= 11 is 0. The van der Waals surface area contributed by atoms with Gasteiger partial charge in [0.1, 0.15) is 18.1 Å². The Balaban J connectivity index is 1.82. The van der Waals surface area contributed by atoms with Gasteiger partial charge in [0.15, 0.2) is 11.5 Å². The fourth-order valence-corrected chi connectivity index (χ4v) is 2.39. The molecule has 0 fully saturated rings. The van der Waals surface area contributed by atoms with Crippen LogP contribution in [0.4, 0.5) is 5.95 Å². The van der Waals surface area contributed by atoms with Crippen LogP contribution in [0.15, 0.2) is 36.3 Å². The standard InChI is InChI=1S/C13H10N4O4/c18-12(19)8-4-9(17-13(16-8)14-5-15-17)7-1-2-10-11(3-7)21-6-20-10/h1-5,9H,6H2,(H,18,19)(H,14,15,16)/t9-/m0/s1. The second kappa shape index (κ2) is 4.23. The van der Waals surface area contributed by atoms with Crippen LogP contribution < -0.4 is 14.8 Å². The first kappa shape index (κ1) is 11.8. The average molecular weight is 286 g/mol. The molecule has 1 aromatic heterocycles. The molecule has 0 aliphatic carbocycles. The fourth-order valence-electron chi connectivity index (χ4n) is 2.39. The lowest BCUT2D eigenvalue weighted by atomic mass is 10.0. The second-order valence-corrected chi connectivity index (χ2v) is 4.60. The Kier molecular flexibility index (Phi) is 2.37. The molecule has 0 saturated heterocycles. The van der Waals surface area contributed by atoms with Crippen molar-refractivity contribution in [1.29, 1.82) is 0 Å². The molecule has 0 spiro atoms. The number of allylic oxidation sites excluding steroid dienone is 1. The number of rotatable bonds is 2. The van der Waals surface area contributed by atoms with Crippen LogP contribution in [-0.2, 0) is 4.79 Å². The number of carboxylic acids is 1. The van der Waals surface area contributed by atoms with Gasteiger partial charge < -0.3 is 19.9 Å². The van der Waals surface area contributed by atoms with Gasteiger partial charge in [-0.1, -0.05) is 6.07 Å². The predicted octanol–water partition coefficient (Wildman–Crippen LogP) is 0.990. The molecule has 3 heterocycles. The van der Waals surface area contributed by atoms with Crippen LogP contribution in [0, 0.1) is 0 Å². The molecule has 1 atom stereocenters. The van der Waals surface area contributed by atoms with E-state index < -0.39 is 5.97 Å². The molecule has 2 aliphatic heterocycles. The summed E-state index contributed by atoms with van der Waals surface area (Å²) in [7, 11) is 0. The Labute approximate surface area is 118 Å². The van der Waals surface area contributed by atoms with E-state index in [9.17, 15) is 9.90 Å². The molecule has 8 heteroatoms. The summed E-state index contributed by atoms with van der Waals surface area (Å²) in [5.41, 5.74) is 0.907. The molecule has 1 aromatic carbocycles. The van der Waals surface area contributed by atoms with E-state index in [1.165, 1.54) is 6.33 Å². The van der Waals surface area contributed by atoms with Crippen LogP contribution in [0.25, 0.3) is 0 Å². The lowest BCUT2D eigenvalue weighted by Gasteiger charge is -2.22. The number of benzene rings is 1. The maximum atomic E-state index is 11.2. The second-order valence-electron chi connectivity index (χ2n) is 4.60. The first-order valence-corrected chi connectivity index (χ1v) is 6.23. The number of hydrogen-bond acceptors (Lipinski definition) is 6. The Bertz CT molecular complexity index is 767. The molecule has 21 heavy (non-hydrogen) atoms. The third-order valence-electron chi connectivity index (χ3n) is 3.38. The molecular formula is C13H10N4O4. The van der Waals surface area contributed by atoms with Crippen molar-refractivity contribution in [2.24, 2.45) is 0 Å². The van der Waals surface area contributed by atoms with Crippen molar-refractivity contribution in [3.05, 3.63) is 41.9 Å². The monoisotopic (exact) mass is 286 g/mol. The number of carbonyl (C=O) groups is 1. The highest BCUT2D eigenvalue weighted by Crippen LogP contribution is 2.37. The van der Waals surface area contributed by atoms with Gasteiger partial charge in [-0.2, -0.15) is 10.1 Å². The maximum absolute atomic E-state index is 11.2. The molecule has 8 nitrogen and oxygen atoms in total. The zero-order valence-electron chi connectivity index (χ0n) is 10.7. The molecular weight excluding hydrogens is 276 g/mol. The van der Waals surface area contributed by atoms with Crippen molar-refractivity contribution in [2.45, 2.75) is 6.04 Å². The third-order valence-corrected chi connectivity index (χ3v) is 3.38. The number of ether oxygens (including phenoxy) is 2. The smallest absolute Gasteiger partial charge is 0.352 e. The normalized spacial score (nSPS) is 18.7. The summed E-state index contributed by atoms with van der Waals surface area (Å²) in [5, 5.41) is 16.0. The fraction of sp³-hybridized carbons (Fsp3) is 0.154. The average Bonchev–Trinajstić information content (AvgIpc) is 3.13. The van der Waals surface area contributed by atoms with Gasteiger partial charge in [0.05, 0.1) is 0 Å². The summed E-state index contributed by atoms with van der Waals surface area (Å²) in [6.07, 6.45) is 2.96. The van der Waals surface area contributed by atoms with Gasteiger partial charge in [-0.3, -0.25) is 0 Å². The summed E-state index contributed by atoms with van der Waals surface area (Å²) in [5.74, 6) is 0.652. The first-order valence-electron chi connectivity index (χ1n) is 6.23. The Morgan fingerprint density at radius 2 is 2.24 bits per heavy atom. The van der Waals surface area contributed by atoms with Gasteiger partial charge in [0, 0.05) is 0 Å². The van der Waals surface area contributed by atoms with E-state index in [0.717, 1.165) is 5.56 Å². The van der Waals surface area contributed by atoms with Gasteiger partial charge in [0.25, 0.3) is 0 Å². The van der Waals surface area contributed by atoms with E-state index in [1.807, 2.05) is 12.1 Å². The number of hydrogen-bond donors (Lipinski definition) is 2. The summed E-state index contributed by atoms with van der Waals surface area (Å²) in [6, 6.07) is 5.10. The number of anilines is 1. The highest BCUT2D eigenvalue weighted by Gasteiger charge is 2.27. The van der Waals surface area contributed by atoms with Gasteiger partial charge in [-0.05, 0) is 23.8 Å². The maximum Gasteiger partial charge on any atom is 0.352 e. The van der Waals surface area contributed by atoms with Gasteiger partial charge in [-0.25, -0.2) is 9.48 Å². The van der Waals surface area contributed by atoms with Crippen LogP contribution in [0.3, 0.4) is 0 Å². The number of nitrogens with zero attached hydrogens (tertiary/aromatic N) is 3. The van der Waals surface area contributed by atoms with Crippen LogP contribution in [0.5, 0.6) is 11.5 Å². The van der Waals surface area contributed by atoms with E-state index in [-0.39, 0.29) is 18.5 Å². The van der Waals surface area contributed by atoms with Crippen molar-refractivity contribution in [3.8, 4) is 11.5 Å². The minimum absolute atomic E-state index is 0.0677. The Hall–Kier alpha value is -3.03. The number of aliphatic carboxylic acids is 1. The lowest BCUT2D eigenvalue weighted by Crippen LogP contribution is -2.24. The zero-order chi connectivity index (χ0) is 14.4. The van der Waals surface area contributed by atoms with E-state index in [1.54, 1.807) is 16.8 Å². The van der Waals surface area contributed by atoms with E-state index >= 15 is 0 Å². The Morgan fingerprint density at radius 3 is 3.10 bits per heavy atom. The van der Waals surface area contributed by atoms with Crippen LogP contribution in [-0.4, -0.2) is 32.6 Å². The molecule has 4 rings (SSSR count). The third kappa shape index (κ3) is 1.80. The van der Waals surface area contributed by atoms with Gasteiger partial charge in [0.2, 0.25) is 12.7 Å². The van der Waals surface area contributed by atoms with Crippen molar-refractivity contribution < 1.29 is 19.4 Å². The van der Waals surface area contributed by atoms with Crippen molar-refractivity contribution in [1.82, 2.24) is 14.8 Å².